The standard InChI is InChI=1S/C67H83F11N3O8PS2/c1-43(2)81(44(3)4)90(87-33-12-28-79)88-41-45(5)15-11-30-83-34-36-92-91-35-13-29-80(62(82)85-42-57-52-18-9-7-16-50(52)51-17-8-10-19-53(51)57)40-56-59(68)38-48(39-60(56)69)89-47-21-23-49-46(37-47)20-22-55-54(49)26-27-63(6)58(55)24-25-61(63)84-31-14-32-86-64(65(70,71)72,66(73,74)75)67(76,77)78/h7-10,16-19,21,23,37-39,43-45,54-55,57-58,61H,11-15,20,22,24-27,29-36,40-42H2,1-6H3/t45?,54-,55-,58+,61+,63+,90?/m1/s1/i5D. The molecule has 8 rings (SSSR count). The maximum atomic E-state index is 16.3. The molecule has 25 heteroatoms. The molecule has 2 saturated carbocycles. The van der Waals surface area contributed by atoms with Crippen LogP contribution in [0.2, 0.25) is 0 Å². The summed E-state index contributed by atoms with van der Waals surface area (Å²) >= 11 is 0. The lowest BCUT2D eigenvalue weighted by molar-refractivity contribution is -0.457. The Morgan fingerprint density at radius 1 is 0.761 bits per heavy atom. The van der Waals surface area contributed by atoms with Crippen LogP contribution in [0.5, 0.6) is 11.5 Å². The van der Waals surface area contributed by atoms with Crippen LogP contribution in [0.1, 0.15) is 147 Å². The number of aryl methyl sites for hydroxylation is 1. The van der Waals surface area contributed by atoms with Gasteiger partial charge in [-0.1, -0.05) is 90.0 Å². The number of carbonyl (C=O) groups excluding carboxylic acids is 1. The molecule has 0 aromatic heterocycles. The molecule has 92 heavy (non-hydrogen) atoms. The highest BCUT2D eigenvalue weighted by molar-refractivity contribution is 8.76. The fraction of sp³-hybridized carbons (Fsp3) is 0.612. The Morgan fingerprint density at radius 2 is 1.42 bits per heavy atom. The highest BCUT2D eigenvalue weighted by Crippen LogP contribution is 2.62. The van der Waals surface area contributed by atoms with Crippen LogP contribution in [0.25, 0.3) is 11.1 Å². The quantitative estimate of drug-likeness (QED) is 0.0196. The maximum absolute atomic E-state index is 16.3. The number of ether oxygens (including phenoxy) is 5. The molecule has 2 fully saturated rings. The number of fused-ring (bicyclic) bond motifs is 8. The Morgan fingerprint density at radius 3 is 2.07 bits per heavy atom. The number of nitriles is 1. The zero-order valence-electron chi connectivity index (χ0n) is 53.4. The fourth-order valence-corrected chi connectivity index (χ4v) is 17.4. The number of halogens is 11. The fourth-order valence-electron chi connectivity index (χ4n) is 13.8. The third kappa shape index (κ3) is 17.4. The van der Waals surface area contributed by atoms with Crippen molar-refractivity contribution in [3.63, 3.8) is 0 Å². The number of amides is 1. The number of nitrogens with zero attached hydrogens (tertiary/aromatic N) is 3. The molecule has 0 heterocycles. The molecular formula is C67H83F11N3O8PS2. The molecule has 0 saturated heterocycles. The molecule has 4 aliphatic rings. The van der Waals surface area contributed by atoms with E-state index in [0.717, 1.165) is 77.6 Å². The zero-order chi connectivity index (χ0) is 67.3. The summed E-state index contributed by atoms with van der Waals surface area (Å²) in [6.45, 7) is 10.1. The van der Waals surface area contributed by atoms with E-state index in [9.17, 15) is 44.3 Å². The summed E-state index contributed by atoms with van der Waals surface area (Å²) in [4.78, 5) is 15.5. The van der Waals surface area contributed by atoms with Crippen molar-refractivity contribution in [3.05, 3.63) is 118 Å². The van der Waals surface area contributed by atoms with Crippen molar-refractivity contribution < 1.29 is 87.2 Å². The first-order chi connectivity index (χ1) is 44.2. The molecule has 4 aliphatic carbocycles. The van der Waals surface area contributed by atoms with E-state index in [-0.39, 0.29) is 86.1 Å². The average molecular weight is 1360 g/mol. The average Bonchev–Trinajstić information content (AvgIpc) is 1.44. The van der Waals surface area contributed by atoms with Crippen LogP contribution in [0.4, 0.5) is 53.1 Å². The minimum atomic E-state index is -6.80. The van der Waals surface area contributed by atoms with Gasteiger partial charge in [-0.3, -0.25) is 0 Å². The van der Waals surface area contributed by atoms with Gasteiger partial charge in [0.05, 0.1) is 51.6 Å². The molecule has 1 amide bonds. The third-order valence-corrected chi connectivity index (χ3v) is 22.6. The van der Waals surface area contributed by atoms with Gasteiger partial charge in [0.2, 0.25) is 0 Å². The van der Waals surface area contributed by atoms with Crippen molar-refractivity contribution in [3.8, 4) is 28.7 Å². The number of benzene rings is 4. The summed E-state index contributed by atoms with van der Waals surface area (Å²) in [5, 5.41) is 9.03. The molecule has 11 nitrogen and oxygen atoms in total. The molecule has 2 unspecified atom stereocenters. The SMILES string of the molecule is [2H]CC(CCCOCCSSCCCN(Cc1c(F)cc(Oc2ccc3c(c2)CC[C@@H]2[C@@H]3CC[C@]3(C)[C@@H](OCCCOC(C(F)(F)F)(C(F)(F)F)C(F)(F)F)CC[C@@H]23)cc1F)C(=O)OCC1c2ccccc2-c2ccccc21)COP(OCCC#N)N(C(C)C)C(C)C. The first-order valence-electron chi connectivity index (χ1n) is 32.1. The predicted molar refractivity (Wildman–Crippen MR) is 334 cm³/mol. The number of carbonyl (C=O) groups is 1. The lowest BCUT2D eigenvalue weighted by atomic mass is 9.55. The Hall–Kier alpha value is -4.44. The van der Waals surface area contributed by atoms with E-state index < -0.39 is 88.1 Å². The minimum Gasteiger partial charge on any atom is -0.457 e. The summed E-state index contributed by atoms with van der Waals surface area (Å²) in [6.07, 6.45) is -15.8. The number of hydrogen-bond acceptors (Lipinski definition) is 12. The lowest BCUT2D eigenvalue weighted by Crippen LogP contribution is -2.67. The molecule has 4 aromatic carbocycles. The summed E-state index contributed by atoms with van der Waals surface area (Å²) in [5.74, 6) is 0.0220. The Balaban J connectivity index is 0.828. The van der Waals surface area contributed by atoms with Crippen LogP contribution in [0.15, 0.2) is 78.9 Å². The molecule has 0 bridgehead atoms. The van der Waals surface area contributed by atoms with E-state index in [2.05, 4.69) is 43.2 Å². The van der Waals surface area contributed by atoms with E-state index in [1.54, 1.807) is 27.7 Å². The van der Waals surface area contributed by atoms with Crippen molar-refractivity contribution in [2.24, 2.45) is 23.2 Å². The highest BCUT2D eigenvalue weighted by Gasteiger charge is 2.85. The second kappa shape index (κ2) is 32.5. The lowest BCUT2D eigenvalue weighted by Gasteiger charge is -2.50. The monoisotopic (exact) mass is 1360 g/mol. The van der Waals surface area contributed by atoms with E-state index in [1.165, 1.54) is 4.90 Å². The summed E-state index contributed by atoms with van der Waals surface area (Å²) in [5.41, 5.74) is -0.821. The van der Waals surface area contributed by atoms with Crippen molar-refractivity contribution >= 4 is 36.2 Å². The number of hydrogen-bond donors (Lipinski definition) is 0. The van der Waals surface area contributed by atoms with Gasteiger partial charge in [0, 0.05) is 68.3 Å². The smallest absolute Gasteiger partial charge is 0.435 e. The van der Waals surface area contributed by atoms with E-state index in [1.807, 2.05) is 67.6 Å². The van der Waals surface area contributed by atoms with Gasteiger partial charge in [0.25, 0.3) is 8.53 Å². The second-order valence-electron chi connectivity index (χ2n) is 24.8. The van der Waals surface area contributed by atoms with Crippen LogP contribution < -0.4 is 4.74 Å². The van der Waals surface area contributed by atoms with Crippen LogP contribution in [0.3, 0.4) is 0 Å². The Labute approximate surface area is 543 Å². The van der Waals surface area contributed by atoms with Gasteiger partial charge in [-0.25, -0.2) is 18.2 Å². The topological polar surface area (TPSA) is 112 Å². The van der Waals surface area contributed by atoms with Gasteiger partial charge >= 0.3 is 30.2 Å². The molecule has 508 valence electrons. The van der Waals surface area contributed by atoms with E-state index >= 15 is 8.78 Å². The molecule has 7 atom stereocenters. The molecule has 0 radical (unpaired) electrons. The minimum absolute atomic E-state index is 0.00187. The third-order valence-electron chi connectivity index (χ3n) is 18.1. The first-order valence-corrected chi connectivity index (χ1v) is 35.0. The summed E-state index contributed by atoms with van der Waals surface area (Å²) < 4.78 is 203. The Kier molecular flexibility index (Phi) is 25.4. The van der Waals surface area contributed by atoms with Crippen LogP contribution >= 0.6 is 30.1 Å². The van der Waals surface area contributed by atoms with Gasteiger partial charge in [-0.2, -0.15) is 44.8 Å². The van der Waals surface area contributed by atoms with Crippen LogP contribution in [-0.2, 0) is 41.0 Å². The maximum Gasteiger partial charge on any atom is 0.435 e. The van der Waals surface area contributed by atoms with Crippen LogP contribution in [-0.4, -0.2) is 122 Å². The normalized spacial score (nSPS) is 20.7. The van der Waals surface area contributed by atoms with Crippen molar-refractivity contribution in [1.82, 2.24) is 9.57 Å². The second-order valence-corrected chi connectivity index (χ2v) is 28.9. The highest BCUT2D eigenvalue weighted by atomic mass is 33.1. The Bertz CT molecular complexity index is 3010. The van der Waals surface area contributed by atoms with Crippen LogP contribution in [0, 0.1) is 46.1 Å². The summed E-state index contributed by atoms with van der Waals surface area (Å²) in [7, 11) is 1.84. The van der Waals surface area contributed by atoms with Gasteiger partial charge in [0.1, 0.15) is 29.7 Å². The van der Waals surface area contributed by atoms with E-state index in [4.69, 9.17) is 34.6 Å². The van der Waals surface area contributed by atoms with E-state index in [0.29, 0.717) is 62.8 Å². The predicted octanol–water partition coefficient (Wildman–Crippen LogP) is 19.1. The van der Waals surface area contributed by atoms with Gasteiger partial charge in [0.15, 0.2) is 0 Å². The molecule has 4 aromatic rings. The zero-order valence-corrected chi connectivity index (χ0v) is 54.9. The van der Waals surface area contributed by atoms with Crippen molar-refractivity contribution in [1.29, 1.82) is 5.26 Å². The molecule has 0 N–H and O–H groups in total. The van der Waals surface area contributed by atoms with Crippen molar-refractivity contribution in [2.45, 2.75) is 173 Å². The van der Waals surface area contributed by atoms with Gasteiger partial charge in [-0.15, -0.1) is 0 Å². The molecule has 0 spiro atoms. The number of alkyl halides is 9. The molecule has 0 aliphatic heterocycles. The first kappa shape index (κ1) is 71.8. The molecular weight excluding hydrogens is 1280 g/mol. The largest absolute Gasteiger partial charge is 0.457 e. The number of rotatable bonds is 33. The van der Waals surface area contributed by atoms with Crippen molar-refractivity contribution in [2.75, 3.05) is 64.3 Å². The van der Waals surface area contributed by atoms with Gasteiger partial charge < -0.3 is 37.6 Å². The van der Waals surface area contributed by atoms with Gasteiger partial charge in [-0.05, 0) is 167 Å². The summed E-state index contributed by atoms with van der Waals surface area (Å²) in [6, 6.07) is 26.1.